The van der Waals surface area contributed by atoms with Crippen LogP contribution in [0.3, 0.4) is 0 Å². The zero-order valence-electron chi connectivity index (χ0n) is 9.23. The molecule has 84 valence electrons. The molecular weight excluding hydrogens is 218 g/mol. The van der Waals surface area contributed by atoms with E-state index in [0.717, 1.165) is 10.8 Å². The largest absolute Gasteiger partial charge is 0.381 e. The van der Waals surface area contributed by atoms with Gasteiger partial charge in [-0.3, -0.25) is 5.10 Å². The lowest BCUT2D eigenvalue weighted by molar-refractivity contribution is 0.748. The van der Waals surface area contributed by atoms with E-state index in [0.29, 0.717) is 6.04 Å². The quantitative estimate of drug-likeness (QED) is 0.838. The molecule has 0 radical (unpaired) electrons. The molecule has 1 aliphatic heterocycles. The predicted molar refractivity (Wildman–Crippen MR) is 70.0 cm³/mol. The maximum atomic E-state index is 4.08. The monoisotopic (exact) mass is 233 g/mol. The molecular formula is C12H15N3S. The topological polar surface area (TPSA) is 40.7 Å². The SMILES string of the molecule is CC1CC(Nc2cccc3[nH]ncc23)CS1. The molecule has 1 saturated heterocycles. The van der Waals surface area contributed by atoms with E-state index in [1.807, 2.05) is 18.0 Å². The molecule has 2 unspecified atom stereocenters. The third kappa shape index (κ3) is 1.78. The summed E-state index contributed by atoms with van der Waals surface area (Å²) < 4.78 is 0. The van der Waals surface area contributed by atoms with Crippen molar-refractivity contribution >= 4 is 28.4 Å². The van der Waals surface area contributed by atoms with Crippen LogP contribution in [0.5, 0.6) is 0 Å². The van der Waals surface area contributed by atoms with Gasteiger partial charge in [0.15, 0.2) is 0 Å². The number of aromatic nitrogens is 2. The average molecular weight is 233 g/mol. The van der Waals surface area contributed by atoms with E-state index >= 15 is 0 Å². The third-order valence-electron chi connectivity index (χ3n) is 3.04. The van der Waals surface area contributed by atoms with Gasteiger partial charge in [-0.1, -0.05) is 13.0 Å². The van der Waals surface area contributed by atoms with Crippen molar-refractivity contribution in [1.29, 1.82) is 0 Å². The van der Waals surface area contributed by atoms with Crippen molar-refractivity contribution in [3.05, 3.63) is 24.4 Å². The fourth-order valence-corrected chi connectivity index (χ4v) is 3.38. The number of aromatic amines is 1. The minimum Gasteiger partial charge on any atom is -0.381 e. The number of hydrogen-bond donors (Lipinski definition) is 2. The lowest BCUT2D eigenvalue weighted by Gasteiger charge is -2.13. The minimum atomic E-state index is 0.598. The molecule has 1 aromatic heterocycles. The van der Waals surface area contributed by atoms with Gasteiger partial charge in [0, 0.05) is 28.1 Å². The van der Waals surface area contributed by atoms with Gasteiger partial charge in [-0.15, -0.1) is 0 Å². The molecule has 1 aromatic carbocycles. The van der Waals surface area contributed by atoms with Crippen LogP contribution in [0.1, 0.15) is 13.3 Å². The van der Waals surface area contributed by atoms with Gasteiger partial charge in [0.05, 0.1) is 11.7 Å². The standard InChI is InChI=1S/C12H15N3S/c1-8-5-9(7-16-8)14-11-3-2-4-12-10(11)6-13-15-12/h2-4,6,8-9,14H,5,7H2,1H3,(H,13,15). The van der Waals surface area contributed by atoms with Gasteiger partial charge >= 0.3 is 0 Å². The van der Waals surface area contributed by atoms with Crippen LogP contribution in [-0.4, -0.2) is 27.2 Å². The zero-order chi connectivity index (χ0) is 11.0. The first kappa shape index (κ1) is 10.0. The molecule has 2 N–H and O–H groups in total. The summed E-state index contributed by atoms with van der Waals surface area (Å²) in [6.45, 7) is 2.30. The van der Waals surface area contributed by atoms with Gasteiger partial charge in [-0.2, -0.15) is 16.9 Å². The molecule has 2 aromatic rings. The molecule has 1 fully saturated rings. The van der Waals surface area contributed by atoms with Crippen LogP contribution in [0.2, 0.25) is 0 Å². The number of nitrogens with one attached hydrogen (secondary N) is 2. The zero-order valence-corrected chi connectivity index (χ0v) is 10.1. The Labute approximate surface area is 99.0 Å². The fraction of sp³-hybridized carbons (Fsp3) is 0.417. The van der Waals surface area contributed by atoms with E-state index in [9.17, 15) is 0 Å². The Morgan fingerprint density at radius 2 is 2.44 bits per heavy atom. The highest BCUT2D eigenvalue weighted by atomic mass is 32.2. The molecule has 0 spiro atoms. The first-order chi connectivity index (χ1) is 7.83. The summed E-state index contributed by atoms with van der Waals surface area (Å²) in [5.74, 6) is 1.20. The second-order valence-electron chi connectivity index (χ2n) is 4.36. The molecule has 0 saturated carbocycles. The first-order valence-electron chi connectivity index (χ1n) is 5.63. The summed E-state index contributed by atoms with van der Waals surface area (Å²) in [6, 6.07) is 6.85. The van der Waals surface area contributed by atoms with E-state index in [-0.39, 0.29) is 0 Å². The Balaban J connectivity index is 1.86. The number of thioether (sulfide) groups is 1. The van der Waals surface area contributed by atoms with Crippen molar-refractivity contribution in [2.75, 3.05) is 11.1 Å². The summed E-state index contributed by atoms with van der Waals surface area (Å²) in [5.41, 5.74) is 2.30. The van der Waals surface area contributed by atoms with Crippen LogP contribution in [0.4, 0.5) is 5.69 Å². The average Bonchev–Trinajstić information content (AvgIpc) is 2.87. The molecule has 3 rings (SSSR count). The highest BCUT2D eigenvalue weighted by molar-refractivity contribution is 8.00. The van der Waals surface area contributed by atoms with Gasteiger partial charge < -0.3 is 5.32 Å². The fourth-order valence-electron chi connectivity index (χ4n) is 2.23. The Bertz CT molecular complexity index is 494. The third-order valence-corrected chi connectivity index (χ3v) is 4.40. The van der Waals surface area contributed by atoms with Gasteiger partial charge in [0.25, 0.3) is 0 Å². The second-order valence-corrected chi connectivity index (χ2v) is 5.83. The molecule has 1 aliphatic rings. The summed E-state index contributed by atoms with van der Waals surface area (Å²) in [4.78, 5) is 0. The molecule has 0 bridgehead atoms. The number of hydrogen-bond acceptors (Lipinski definition) is 3. The highest BCUT2D eigenvalue weighted by Gasteiger charge is 2.21. The predicted octanol–water partition coefficient (Wildman–Crippen LogP) is 2.87. The number of rotatable bonds is 2. The van der Waals surface area contributed by atoms with Gasteiger partial charge in [0.1, 0.15) is 0 Å². The number of benzene rings is 1. The van der Waals surface area contributed by atoms with Gasteiger partial charge in [-0.25, -0.2) is 0 Å². The summed E-state index contributed by atoms with van der Waals surface area (Å²) in [6.07, 6.45) is 3.14. The maximum absolute atomic E-state index is 4.08. The van der Waals surface area contributed by atoms with E-state index in [1.54, 1.807) is 0 Å². The van der Waals surface area contributed by atoms with Crippen molar-refractivity contribution in [1.82, 2.24) is 10.2 Å². The Morgan fingerprint density at radius 3 is 3.25 bits per heavy atom. The van der Waals surface area contributed by atoms with Crippen molar-refractivity contribution in [3.63, 3.8) is 0 Å². The molecule has 2 heterocycles. The van der Waals surface area contributed by atoms with E-state index in [1.165, 1.54) is 23.2 Å². The number of nitrogens with zero attached hydrogens (tertiary/aromatic N) is 1. The van der Waals surface area contributed by atoms with Crippen LogP contribution < -0.4 is 5.32 Å². The normalized spacial score (nSPS) is 25.1. The number of fused-ring (bicyclic) bond motifs is 1. The van der Waals surface area contributed by atoms with Gasteiger partial charge in [0.2, 0.25) is 0 Å². The lowest BCUT2D eigenvalue weighted by Crippen LogP contribution is -2.18. The van der Waals surface area contributed by atoms with Gasteiger partial charge in [-0.05, 0) is 18.6 Å². The van der Waals surface area contributed by atoms with Crippen LogP contribution in [0.25, 0.3) is 10.9 Å². The van der Waals surface area contributed by atoms with E-state index in [4.69, 9.17) is 0 Å². The van der Waals surface area contributed by atoms with Crippen molar-refractivity contribution < 1.29 is 0 Å². The molecule has 0 aliphatic carbocycles. The molecule has 0 amide bonds. The number of H-pyrrole nitrogens is 1. The number of anilines is 1. The van der Waals surface area contributed by atoms with Crippen molar-refractivity contribution in [2.24, 2.45) is 0 Å². The smallest absolute Gasteiger partial charge is 0.0671 e. The van der Waals surface area contributed by atoms with Crippen LogP contribution in [-0.2, 0) is 0 Å². The van der Waals surface area contributed by atoms with Crippen LogP contribution in [0, 0.1) is 0 Å². The highest BCUT2D eigenvalue weighted by Crippen LogP contribution is 2.30. The van der Waals surface area contributed by atoms with Crippen molar-refractivity contribution in [2.45, 2.75) is 24.6 Å². The Morgan fingerprint density at radius 1 is 1.50 bits per heavy atom. The summed E-state index contributed by atoms with van der Waals surface area (Å²) >= 11 is 2.05. The maximum Gasteiger partial charge on any atom is 0.0671 e. The molecule has 16 heavy (non-hydrogen) atoms. The second kappa shape index (κ2) is 4.01. The minimum absolute atomic E-state index is 0.598. The van der Waals surface area contributed by atoms with Crippen LogP contribution >= 0.6 is 11.8 Å². The Kier molecular flexibility index (Phi) is 2.52. The van der Waals surface area contributed by atoms with Crippen LogP contribution in [0.15, 0.2) is 24.4 Å². The first-order valence-corrected chi connectivity index (χ1v) is 6.68. The van der Waals surface area contributed by atoms with E-state index < -0.39 is 0 Å². The summed E-state index contributed by atoms with van der Waals surface area (Å²) in [5, 5.41) is 12.7. The lowest BCUT2D eigenvalue weighted by atomic mass is 10.1. The Hall–Kier alpha value is -1.16. The summed E-state index contributed by atoms with van der Waals surface area (Å²) in [7, 11) is 0. The molecule has 3 nitrogen and oxygen atoms in total. The molecule has 2 atom stereocenters. The van der Waals surface area contributed by atoms with Crippen molar-refractivity contribution in [3.8, 4) is 0 Å². The molecule has 4 heteroatoms. The van der Waals surface area contributed by atoms with E-state index in [2.05, 4.69) is 40.6 Å².